The molecular formula is C14H13ClN2O2. The maximum atomic E-state index is 12.0. The lowest BCUT2D eigenvalue weighted by molar-refractivity contribution is 0.102. The molecule has 0 unspecified atom stereocenters. The highest BCUT2D eigenvalue weighted by Gasteiger charge is 2.09. The Morgan fingerprint density at radius 1 is 1.21 bits per heavy atom. The Kier molecular flexibility index (Phi) is 3.92. The number of halogens is 1. The number of methoxy groups -OCH3 is 1. The fourth-order valence-corrected chi connectivity index (χ4v) is 1.84. The highest BCUT2D eigenvalue weighted by atomic mass is 35.5. The van der Waals surface area contributed by atoms with Gasteiger partial charge in [0.2, 0.25) is 0 Å². The number of hydrogen-bond donors (Lipinski definition) is 2. The molecule has 0 atom stereocenters. The smallest absolute Gasteiger partial charge is 0.255 e. The van der Waals surface area contributed by atoms with E-state index in [9.17, 15) is 4.79 Å². The van der Waals surface area contributed by atoms with E-state index in [-0.39, 0.29) is 5.91 Å². The van der Waals surface area contributed by atoms with E-state index in [1.807, 2.05) is 0 Å². The van der Waals surface area contributed by atoms with Crippen molar-refractivity contribution in [2.45, 2.75) is 0 Å². The van der Waals surface area contributed by atoms with Gasteiger partial charge in [-0.1, -0.05) is 11.6 Å². The zero-order chi connectivity index (χ0) is 13.8. The first kappa shape index (κ1) is 13.2. The summed E-state index contributed by atoms with van der Waals surface area (Å²) in [6, 6.07) is 11.8. The molecule has 0 radical (unpaired) electrons. The normalized spacial score (nSPS) is 10.0. The van der Waals surface area contributed by atoms with E-state index in [0.29, 0.717) is 27.7 Å². The molecule has 98 valence electrons. The van der Waals surface area contributed by atoms with Crippen LogP contribution in [0.2, 0.25) is 5.02 Å². The average Bonchev–Trinajstić information content (AvgIpc) is 2.41. The fourth-order valence-electron chi connectivity index (χ4n) is 1.58. The molecular weight excluding hydrogens is 264 g/mol. The lowest BCUT2D eigenvalue weighted by atomic mass is 10.2. The minimum absolute atomic E-state index is 0.241. The second kappa shape index (κ2) is 5.63. The summed E-state index contributed by atoms with van der Waals surface area (Å²) in [6.45, 7) is 0. The monoisotopic (exact) mass is 276 g/mol. The van der Waals surface area contributed by atoms with Gasteiger partial charge in [0.1, 0.15) is 5.75 Å². The van der Waals surface area contributed by atoms with Gasteiger partial charge in [-0.2, -0.15) is 0 Å². The number of carbonyl (C=O) groups is 1. The van der Waals surface area contributed by atoms with E-state index in [1.54, 1.807) is 42.5 Å². The van der Waals surface area contributed by atoms with Gasteiger partial charge in [0.05, 0.1) is 12.1 Å². The first-order valence-electron chi connectivity index (χ1n) is 5.60. The van der Waals surface area contributed by atoms with Crippen molar-refractivity contribution in [3.05, 3.63) is 53.1 Å². The van der Waals surface area contributed by atoms with Crippen LogP contribution in [0.1, 0.15) is 10.4 Å². The minimum Gasteiger partial charge on any atom is -0.495 e. The maximum Gasteiger partial charge on any atom is 0.255 e. The number of nitrogen functional groups attached to an aromatic ring is 1. The molecule has 2 rings (SSSR count). The Balaban J connectivity index is 2.16. The number of nitrogens with two attached hydrogens (primary N) is 1. The number of ether oxygens (including phenoxy) is 1. The fraction of sp³-hybridized carbons (Fsp3) is 0.0714. The topological polar surface area (TPSA) is 64.3 Å². The quantitative estimate of drug-likeness (QED) is 0.846. The van der Waals surface area contributed by atoms with E-state index >= 15 is 0 Å². The van der Waals surface area contributed by atoms with Crippen molar-refractivity contribution >= 4 is 28.9 Å². The maximum absolute atomic E-state index is 12.0. The SMILES string of the molecule is COc1ccc(C(=O)Nc2ccc(N)cc2)cc1Cl. The lowest BCUT2D eigenvalue weighted by Gasteiger charge is -2.07. The van der Waals surface area contributed by atoms with Gasteiger partial charge in [-0.15, -0.1) is 0 Å². The van der Waals surface area contributed by atoms with Crippen LogP contribution in [0.4, 0.5) is 11.4 Å². The van der Waals surface area contributed by atoms with E-state index in [1.165, 1.54) is 7.11 Å². The molecule has 2 aromatic carbocycles. The van der Waals surface area contributed by atoms with Gasteiger partial charge in [-0.05, 0) is 42.5 Å². The summed E-state index contributed by atoms with van der Waals surface area (Å²) < 4.78 is 5.03. The number of amides is 1. The van der Waals surface area contributed by atoms with Crippen molar-refractivity contribution in [3.8, 4) is 5.75 Å². The summed E-state index contributed by atoms with van der Waals surface area (Å²) in [5.74, 6) is 0.292. The second-order valence-electron chi connectivity index (χ2n) is 3.93. The predicted molar refractivity (Wildman–Crippen MR) is 76.8 cm³/mol. The zero-order valence-electron chi connectivity index (χ0n) is 10.3. The average molecular weight is 277 g/mol. The predicted octanol–water partition coefficient (Wildman–Crippen LogP) is 3.18. The van der Waals surface area contributed by atoms with Crippen molar-refractivity contribution in [3.63, 3.8) is 0 Å². The largest absolute Gasteiger partial charge is 0.495 e. The molecule has 0 saturated heterocycles. The number of rotatable bonds is 3. The van der Waals surface area contributed by atoms with Crippen molar-refractivity contribution in [1.29, 1.82) is 0 Å². The molecule has 0 aliphatic carbocycles. The Hall–Kier alpha value is -2.20. The third kappa shape index (κ3) is 3.17. The standard InChI is InChI=1S/C14H13ClN2O2/c1-19-13-7-2-9(8-12(13)15)14(18)17-11-5-3-10(16)4-6-11/h2-8H,16H2,1H3,(H,17,18). The summed E-state index contributed by atoms with van der Waals surface area (Å²) in [5, 5.41) is 3.15. The van der Waals surface area contributed by atoms with Gasteiger partial charge in [-0.3, -0.25) is 4.79 Å². The summed E-state index contributed by atoms with van der Waals surface area (Å²) in [6.07, 6.45) is 0. The van der Waals surface area contributed by atoms with E-state index in [4.69, 9.17) is 22.1 Å². The molecule has 0 saturated carbocycles. The van der Waals surface area contributed by atoms with E-state index < -0.39 is 0 Å². The Morgan fingerprint density at radius 2 is 1.89 bits per heavy atom. The molecule has 19 heavy (non-hydrogen) atoms. The number of anilines is 2. The van der Waals surface area contributed by atoms with Gasteiger partial charge >= 0.3 is 0 Å². The summed E-state index contributed by atoms with van der Waals surface area (Å²) in [7, 11) is 1.52. The summed E-state index contributed by atoms with van der Waals surface area (Å²) in [5.41, 5.74) is 7.35. The van der Waals surface area contributed by atoms with E-state index in [2.05, 4.69) is 5.32 Å². The van der Waals surface area contributed by atoms with Crippen LogP contribution in [0.25, 0.3) is 0 Å². The van der Waals surface area contributed by atoms with Crippen molar-refractivity contribution in [2.75, 3.05) is 18.2 Å². The molecule has 3 N–H and O–H groups in total. The van der Waals surface area contributed by atoms with E-state index in [0.717, 1.165) is 0 Å². The number of nitrogens with one attached hydrogen (secondary N) is 1. The third-order valence-electron chi connectivity index (χ3n) is 2.58. The molecule has 0 spiro atoms. The molecule has 1 amide bonds. The van der Waals surface area contributed by atoms with Gasteiger partial charge in [0, 0.05) is 16.9 Å². The molecule has 2 aromatic rings. The zero-order valence-corrected chi connectivity index (χ0v) is 11.1. The Bertz CT molecular complexity index is 597. The molecule has 0 aromatic heterocycles. The highest BCUT2D eigenvalue weighted by molar-refractivity contribution is 6.32. The summed E-state index contributed by atoms with van der Waals surface area (Å²) in [4.78, 5) is 12.0. The van der Waals surface area contributed by atoms with Crippen molar-refractivity contribution in [2.24, 2.45) is 0 Å². The molecule has 0 bridgehead atoms. The minimum atomic E-state index is -0.241. The van der Waals surface area contributed by atoms with Crippen LogP contribution in [-0.4, -0.2) is 13.0 Å². The van der Waals surface area contributed by atoms with Crippen LogP contribution in [0.5, 0.6) is 5.75 Å². The number of benzene rings is 2. The first-order chi connectivity index (χ1) is 9.10. The van der Waals surface area contributed by atoms with Gasteiger partial charge in [-0.25, -0.2) is 0 Å². The second-order valence-corrected chi connectivity index (χ2v) is 4.33. The number of carbonyl (C=O) groups excluding carboxylic acids is 1. The molecule has 0 aliphatic rings. The molecule has 0 fully saturated rings. The van der Waals surface area contributed by atoms with Crippen LogP contribution in [0, 0.1) is 0 Å². The van der Waals surface area contributed by atoms with Crippen LogP contribution in [0.15, 0.2) is 42.5 Å². The van der Waals surface area contributed by atoms with Crippen LogP contribution in [0.3, 0.4) is 0 Å². The Labute approximate surface area is 116 Å². The van der Waals surface area contributed by atoms with Crippen molar-refractivity contribution < 1.29 is 9.53 Å². The lowest BCUT2D eigenvalue weighted by Crippen LogP contribution is -2.11. The van der Waals surface area contributed by atoms with Crippen molar-refractivity contribution in [1.82, 2.24) is 0 Å². The molecule has 5 heteroatoms. The van der Waals surface area contributed by atoms with Gasteiger partial charge in [0.15, 0.2) is 0 Å². The molecule has 4 nitrogen and oxygen atoms in total. The van der Waals surface area contributed by atoms with Crippen LogP contribution < -0.4 is 15.8 Å². The van der Waals surface area contributed by atoms with Gasteiger partial charge in [0.25, 0.3) is 5.91 Å². The van der Waals surface area contributed by atoms with Crippen LogP contribution >= 0.6 is 11.6 Å². The third-order valence-corrected chi connectivity index (χ3v) is 2.88. The van der Waals surface area contributed by atoms with Crippen LogP contribution in [-0.2, 0) is 0 Å². The number of hydrogen-bond acceptors (Lipinski definition) is 3. The molecule has 0 heterocycles. The highest BCUT2D eigenvalue weighted by Crippen LogP contribution is 2.25. The Morgan fingerprint density at radius 3 is 2.47 bits per heavy atom. The first-order valence-corrected chi connectivity index (χ1v) is 5.98. The van der Waals surface area contributed by atoms with Gasteiger partial charge < -0.3 is 15.8 Å². The summed E-state index contributed by atoms with van der Waals surface area (Å²) >= 11 is 5.98. The molecule has 0 aliphatic heterocycles.